The van der Waals surface area contributed by atoms with Gasteiger partial charge in [0.1, 0.15) is 17.0 Å². The minimum Gasteiger partial charge on any atom is -0.350 e. The molecule has 28 heavy (non-hydrogen) atoms. The van der Waals surface area contributed by atoms with Crippen molar-refractivity contribution in [2.24, 2.45) is 0 Å². The molecule has 4 heteroatoms. The van der Waals surface area contributed by atoms with Crippen LogP contribution in [0.15, 0.2) is 72.9 Å². The third kappa shape index (κ3) is 3.67. The Morgan fingerprint density at radius 3 is 2.39 bits per heavy atom. The smallest absolute Gasteiger partial charge is 0.270 e. The number of pyridine rings is 1. The Morgan fingerprint density at radius 1 is 0.929 bits per heavy atom. The number of fused-ring (bicyclic) bond motifs is 1. The molecule has 4 nitrogen and oxygen atoms in total. The van der Waals surface area contributed by atoms with Crippen molar-refractivity contribution in [3.63, 3.8) is 0 Å². The summed E-state index contributed by atoms with van der Waals surface area (Å²) < 4.78 is 1.89. The highest BCUT2D eigenvalue weighted by Gasteiger charge is 2.20. The first kappa shape index (κ1) is 18.0. The number of rotatable bonds is 5. The van der Waals surface area contributed by atoms with Gasteiger partial charge in [-0.05, 0) is 37.5 Å². The molecule has 0 bridgehead atoms. The number of hydrogen-bond acceptors (Lipinski definition) is 2. The Bertz CT molecular complexity index is 1110. The van der Waals surface area contributed by atoms with Gasteiger partial charge in [0.05, 0.1) is 0 Å². The minimum atomic E-state index is -0.107. The topological polar surface area (TPSA) is 46.4 Å². The second kappa shape index (κ2) is 7.69. The molecule has 0 aliphatic rings. The molecule has 1 N–H and O–H groups in total. The molecule has 0 unspecified atom stereocenters. The van der Waals surface area contributed by atoms with Crippen LogP contribution in [0.25, 0.3) is 16.9 Å². The number of aryl methyl sites for hydroxylation is 2. The molecular formula is C24H23N3O. The third-order valence-electron chi connectivity index (χ3n) is 4.85. The predicted molar refractivity (Wildman–Crippen MR) is 113 cm³/mol. The van der Waals surface area contributed by atoms with Crippen LogP contribution in [0.1, 0.15) is 27.2 Å². The van der Waals surface area contributed by atoms with E-state index >= 15 is 0 Å². The average Bonchev–Trinajstić information content (AvgIpc) is 3.08. The molecule has 0 saturated carbocycles. The molecule has 2 aromatic heterocycles. The number of imidazole rings is 1. The highest BCUT2D eigenvalue weighted by molar-refractivity contribution is 5.99. The SMILES string of the molecule is Cc1ccc(-c2nc3ccc(C)cn3c2C(=O)NCCc2ccccc2)cc1. The lowest BCUT2D eigenvalue weighted by Crippen LogP contribution is -2.27. The fraction of sp³-hybridized carbons (Fsp3) is 0.167. The molecule has 0 atom stereocenters. The van der Waals surface area contributed by atoms with Crippen molar-refractivity contribution in [1.82, 2.24) is 14.7 Å². The summed E-state index contributed by atoms with van der Waals surface area (Å²) in [6.07, 6.45) is 2.76. The lowest BCUT2D eigenvalue weighted by molar-refractivity contribution is 0.0949. The van der Waals surface area contributed by atoms with Gasteiger partial charge in [0.25, 0.3) is 5.91 Å². The van der Waals surface area contributed by atoms with Crippen molar-refractivity contribution < 1.29 is 4.79 Å². The number of hydrogen-bond donors (Lipinski definition) is 1. The number of nitrogens with zero attached hydrogens (tertiary/aromatic N) is 2. The number of nitrogens with one attached hydrogen (secondary N) is 1. The van der Waals surface area contributed by atoms with Crippen LogP contribution in [0.4, 0.5) is 0 Å². The zero-order valence-electron chi connectivity index (χ0n) is 16.1. The molecule has 2 aromatic carbocycles. The Morgan fingerprint density at radius 2 is 1.64 bits per heavy atom. The van der Waals surface area contributed by atoms with Crippen LogP contribution >= 0.6 is 0 Å². The van der Waals surface area contributed by atoms with Crippen molar-refractivity contribution in [3.8, 4) is 11.3 Å². The summed E-state index contributed by atoms with van der Waals surface area (Å²) in [6, 6.07) is 22.3. The van der Waals surface area contributed by atoms with Crippen LogP contribution in [0.3, 0.4) is 0 Å². The van der Waals surface area contributed by atoms with E-state index in [-0.39, 0.29) is 5.91 Å². The van der Waals surface area contributed by atoms with E-state index in [0.29, 0.717) is 17.9 Å². The summed E-state index contributed by atoms with van der Waals surface area (Å²) in [5.41, 5.74) is 6.47. The molecule has 0 radical (unpaired) electrons. The summed E-state index contributed by atoms with van der Waals surface area (Å²) in [5.74, 6) is -0.107. The molecule has 140 valence electrons. The van der Waals surface area contributed by atoms with E-state index in [4.69, 9.17) is 4.98 Å². The monoisotopic (exact) mass is 369 g/mol. The molecule has 0 fully saturated rings. The molecule has 0 saturated heterocycles. The van der Waals surface area contributed by atoms with E-state index in [1.807, 2.05) is 79.0 Å². The van der Waals surface area contributed by atoms with Gasteiger partial charge in [-0.15, -0.1) is 0 Å². The van der Waals surface area contributed by atoms with Gasteiger partial charge in [-0.2, -0.15) is 0 Å². The van der Waals surface area contributed by atoms with Gasteiger partial charge < -0.3 is 5.32 Å². The maximum atomic E-state index is 13.1. The van der Waals surface area contributed by atoms with Crippen molar-refractivity contribution in [2.75, 3.05) is 6.54 Å². The number of amides is 1. The first-order valence-electron chi connectivity index (χ1n) is 9.50. The minimum absolute atomic E-state index is 0.107. The van der Waals surface area contributed by atoms with Crippen molar-refractivity contribution in [1.29, 1.82) is 0 Å². The highest BCUT2D eigenvalue weighted by Crippen LogP contribution is 2.25. The molecular weight excluding hydrogens is 346 g/mol. The Hall–Kier alpha value is -3.40. The van der Waals surface area contributed by atoms with Gasteiger partial charge in [-0.3, -0.25) is 9.20 Å². The molecule has 1 amide bonds. The number of carbonyl (C=O) groups excluding carboxylic acids is 1. The van der Waals surface area contributed by atoms with Crippen LogP contribution in [0.5, 0.6) is 0 Å². The number of benzene rings is 2. The van der Waals surface area contributed by atoms with Gasteiger partial charge >= 0.3 is 0 Å². The first-order valence-corrected chi connectivity index (χ1v) is 9.50. The van der Waals surface area contributed by atoms with E-state index in [9.17, 15) is 4.79 Å². The second-order valence-corrected chi connectivity index (χ2v) is 7.10. The van der Waals surface area contributed by atoms with Crippen LogP contribution in [0, 0.1) is 13.8 Å². The highest BCUT2D eigenvalue weighted by atomic mass is 16.1. The van der Waals surface area contributed by atoms with Crippen LogP contribution < -0.4 is 5.32 Å². The number of aromatic nitrogens is 2. The quantitative estimate of drug-likeness (QED) is 0.559. The van der Waals surface area contributed by atoms with Crippen molar-refractivity contribution in [3.05, 3.63) is 95.3 Å². The fourth-order valence-electron chi connectivity index (χ4n) is 3.33. The van der Waals surface area contributed by atoms with Gasteiger partial charge in [0.2, 0.25) is 0 Å². The normalized spacial score (nSPS) is 10.9. The molecule has 4 rings (SSSR count). The zero-order chi connectivity index (χ0) is 19.5. The van der Waals surface area contributed by atoms with Gasteiger partial charge in [-0.1, -0.05) is 66.2 Å². The fourth-order valence-corrected chi connectivity index (χ4v) is 3.33. The Balaban J connectivity index is 1.67. The van der Waals surface area contributed by atoms with Crippen LogP contribution in [-0.4, -0.2) is 21.8 Å². The lowest BCUT2D eigenvalue weighted by atomic mass is 10.1. The maximum Gasteiger partial charge on any atom is 0.270 e. The molecule has 2 heterocycles. The summed E-state index contributed by atoms with van der Waals surface area (Å²) >= 11 is 0. The summed E-state index contributed by atoms with van der Waals surface area (Å²) in [7, 11) is 0. The summed E-state index contributed by atoms with van der Waals surface area (Å²) in [5, 5.41) is 3.07. The standard InChI is InChI=1S/C24H23N3O/c1-17-8-11-20(12-9-17)22-23(27-16-18(2)10-13-21(27)26-22)24(28)25-15-14-19-6-4-3-5-7-19/h3-13,16H,14-15H2,1-2H3,(H,25,28). The molecule has 4 aromatic rings. The summed E-state index contributed by atoms with van der Waals surface area (Å²) in [6.45, 7) is 4.64. The first-order chi connectivity index (χ1) is 13.6. The van der Waals surface area contributed by atoms with E-state index in [0.717, 1.165) is 23.2 Å². The second-order valence-electron chi connectivity index (χ2n) is 7.10. The molecule has 0 spiro atoms. The van der Waals surface area contributed by atoms with Crippen molar-refractivity contribution in [2.45, 2.75) is 20.3 Å². The van der Waals surface area contributed by atoms with E-state index in [1.54, 1.807) is 0 Å². The van der Waals surface area contributed by atoms with Crippen LogP contribution in [0.2, 0.25) is 0 Å². The van der Waals surface area contributed by atoms with Gasteiger partial charge in [-0.25, -0.2) is 4.98 Å². The van der Waals surface area contributed by atoms with E-state index < -0.39 is 0 Å². The molecule has 0 aliphatic carbocycles. The van der Waals surface area contributed by atoms with Crippen LogP contribution in [-0.2, 0) is 6.42 Å². The molecule has 0 aliphatic heterocycles. The lowest BCUT2D eigenvalue weighted by Gasteiger charge is -2.08. The zero-order valence-corrected chi connectivity index (χ0v) is 16.1. The third-order valence-corrected chi connectivity index (χ3v) is 4.85. The van der Waals surface area contributed by atoms with Crippen molar-refractivity contribution >= 4 is 11.6 Å². The largest absolute Gasteiger partial charge is 0.350 e. The average molecular weight is 369 g/mol. The van der Waals surface area contributed by atoms with Gasteiger partial charge in [0, 0.05) is 18.3 Å². The Labute approximate surface area is 164 Å². The van der Waals surface area contributed by atoms with E-state index in [1.165, 1.54) is 11.1 Å². The van der Waals surface area contributed by atoms with E-state index in [2.05, 4.69) is 17.4 Å². The Kier molecular flexibility index (Phi) is 4.94. The van der Waals surface area contributed by atoms with Gasteiger partial charge in [0.15, 0.2) is 0 Å². The predicted octanol–water partition coefficient (Wildman–Crippen LogP) is 4.59. The maximum absolute atomic E-state index is 13.1. The number of carbonyl (C=O) groups is 1. The summed E-state index contributed by atoms with van der Waals surface area (Å²) in [4.78, 5) is 17.9.